The number of fused-ring (bicyclic) bond motifs is 1. The highest BCUT2D eigenvalue weighted by atomic mass is 19.4. The molecule has 0 spiro atoms. The van der Waals surface area contributed by atoms with E-state index in [0.717, 1.165) is 12.1 Å². The highest BCUT2D eigenvalue weighted by Crippen LogP contribution is 2.30. The highest BCUT2D eigenvalue weighted by Gasteiger charge is 2.30. The number of benzene rings is 2. The Hall–Kier alpha value is -3.03. The Labute approximate surface area is 147 Å². The smallest absolute Gasteiger partial charge is 0.416 e. The third-order valence-corrected chi connectivity index (χ3v) is 3.88. The van der Waals surface area contributed by atoms with Gasteiger partial charge in [0.2, 0.25) is 11.8 Å². The SMILES string of the molecule is O=C(CC1COc2ccccc2NC1=O)Nc1ccc(C(F)(F)F)cc1. The molecule has 1 aliphatic rings. The standard InChI is InChI=1S/C18H15F3N2O3/c19-18(20,21)12-5-7-13(8-6-12)22-16(24)9-11-10-26-15-4-2-1-3-14(15)23-17(11)25/h1-8,11H,9-10H2,(H,22,24)(H,23,25). The van der Waals surface area contributed by atoms with Crippen LogP contribution in [0.5, 0.6) is 5.75 Å². The fraction of sp³-hybridized carbons (Fsp3) is 0.222. The van der Waals surface area contributed by atoms with Crippen LogP contribution >= 0.6 is 0 Å². The predicted molar refractivity (Wildman–Crippen MR) is 88.7 cm³/mol. The van der Waals surface area contributed by atoms with E-state index in [4.69, 9.17) is 4.74 Å². The lowest BCUT2D eigenvalue weighted by atomic mass is 10.1. The fourth-order valence-corrected chi connectivity index (χ4v) is 2.53. The summed E-state index contributed by atoms with van der Waals surface area (Å²) in [5.41, 5.74) is -0.0470. The third-order valence-electron chi connectivity index (χ3n) is 3.88. The monoisotopic (exact) mass is 364 g/mol. The highest BCUT2D eigenvalue weighted by molar-refractivity contribution is 5.99. The van der Waals surface area contributed by atoms with Crippen LogP contribution in [0.25, 0.3) is 0 Å². The van der Waals surface area contributed by atoms with Crippen LogP contribution in [0.2, 0.25) is 0 Å². The minimum absolute atomic E-state index is 0.0310. The van der Waals surface area contributed by atoms with E-state index in [1.165, 1.54) is 12.1 Å². The Morgan fingerprint density at radius 1 is 1.15 bits per heavy atom. The number of amides is 2. The molecular weight excluding hydrogens is 349 g/mol. The maximum atomic E-state index is 12.5. The zero-order valence-corrected chi connectivity index (χ0v) is 13.5. The summed E-state index contributed by atoms with van der Waals surface area (Å²) in [4.78, 5) is 24.3. The van der Waals surface area contributed by atoms with Gasteiger partial charge in [0.1, 0.15) is 12.4 Å². The zero-order chi connectivity index (χ0) is 18.7. The number of hydrogen-bond acceptors (Lipinski definition) is 3. The average molecular weight is 364 g/mol. The van der Waals surface area contributed by atoms with Crippen molar-refractivity contribution in [2.24, 2.45) is 5.92 Å². The van der Waals surface area contributed by atoms with Crippen molar-refractivity contribution in [2.45, 2.75) is 12.6 Å². The molecule has 2 N–H and O–H groups in total. The topological polar surface area (TPSA) is 67.4 Å². The van der Waals surface area contributed by atoms with Crippen LogP contribution in [0.4, 0.5) is 24.5 Å². The van der Waals surface area contributed by atoms with Crippen LogP contribution in [0, 0.1) is 5.92 Å². The van der Waals surface area contributed by atoms with Gasteiger partial charge < -0.3 is 15.4 Å². The maximum absolute atomic E-state index is 12.5. The molecule has 0 saturated heterocycles. The lowest BCUT2D eigenvalue weighted by Gasteiger charge is -2.13. The van der Waals surface area contributed by atoms with E-state index in [1.54, 1.807) is 24.3 Å². The van der Waals surface area contributed by atoms with Crippen molar-refractivity contribution in [3.8, 4) is 5.75 Å². The molecule has 1 aliphatic heterocycles. The van der Waals surface area contributed by atoms with Crippen molar-refractivity contribution >= 4 is 23.2 Å². The van der Waals surface area contributed by atoms with Crippen molar-refractivity contribution in [1.82, 2.24) is 0 Å². The molecule has 5 nitrogen and oxygen atoms in total. The number of anilines is 2. The first-order chi connectivity index (χ1) is 12.3. The zero-order valence-electron chi connectivity index (χ0n) is 13.5. The lowest BCUT2D eigenvalue weighted by Crippen LogP contribution is -2.29. The Morgan fingerprint density at radius 3 is 2.54 bits per heavy atom. The molecule has 1 unspecified atom stereocenters. The van der Waals surface area contributed by atoms with Gasteiger partial charge in [0.25, 0.3) is 0 Å². The minimum atomic E-state index is -4.44. The van der Waals surface area contributed by atoms with Crippen molar-refractivity contribution in [3.63, 3.8) is 0 Å². The number of nitrogens with one attached hydrogen (secondary N) is 2. The van der Waals surface area contributed by atoms with Gasteiger partial charge in [-0.05, 0) is 36.4 Å². The van der Waals surface area contributed by atoms with E-state index < -0.39 is 23.6 Å². The number of alkyl halides is 3. The van der Waals surface area contributed by atoms with Gasteiger partial charge in [-0.1, -0.05) is 12.1 Å². The van der Waals surface area contributed by atoms with Crippen LogP contribution < -0.4 is 15.4 Å². The largest absolute Gasteiger partial charge is 0.491 e. The van der Waals surface area contributed by atoms with Crippen LogP contribution in [-0.4, -0.2) is 18.4 Å². The molecule has 1 heterocycles. The van der Waals surface area contributed by atoms with Crippen LogP contribution in [0.1, 0.15) is 12.0 Å². The molecule has 8 heteroatoms. The summed E-state index contributed by atoms with van der Waals surface area (Å²) in [6.07, 6.45) is -4.59. The van der Waals surface area contributed by atoms with E-state index in [-0.39, 0.29) is 24.6 Å². The van der Waals surface area contributed by atoms with Gasteiger partial charge in [-0.25, -0.2) is 0 Å². The molecule has 2 aromatic carbocycles. The molecule has 0 radical (unpaired) electrons. The summed E-state index contributed by atoms with van der Waals surface area (Å²) >= 11 is 0. The van der Waals surface area contributed by atoms with E-state index in [9.17, 15) is 22.8 Å². The first kappa shape index (κ1) is 17.8. The summed E-state index contributed by atoms with van der Waals surface area (Å²) in [6.45, 7) is 0.0310. The predicted octanol–water partition coefficient (Wildman–Crippen LogP) is 3.68. The molecule has 26 heavy (non-hydrogen) atoms. The van der Waals surface area contributed by atoms with Crippen molar-refractivity contribution in [2.75, 3.05) is 17.2 Å². The molecule has 0 aliphatic carbocycles. The molecule has 0 fully saturated rings. The second kappa shape index (κ2) is 7.07. The van der Waals surface area contributed by atoms with Gasteiger partial charge in [-0.3, -0.25) is 9.59 Å². The molecule has 0 bridgehead atoms. The molecular formula is C18H15F3N2O3. The van der Waals surface area contributed by atoms with Crippen molar-refractivity contribution in [3.05, 3.63) is 54.1 Å². The average Bonchev–Trinajstić information content (AvgIpc) is 2.74. The van der Waals surface area contributed by atoms with Crippen LogP contribution in [0.15, 0.2) is 48.5 Å². The quantitative estimate of drug-likeness (QED) is 0.873. The summed E-state index contributed by atoms with van der Waals surface area (Å²) in [7, 11) is 0. The Kier molecular flexibility index (Phi) is 4.83. The molecule has 3 rings (SSSR count). The number of hydrogen-bond donors (Lipinski definition) is 2. The Balaban J connectivity index is 1.61. The van der Waals surface area contributed by atoms with Gasteiger partial charge in [0.05, 0.1) is 17.2 Å². The van der Waals surface area contributed by atoms with Gasteiger partial charge in [-0.2, -0.15) is 13.2 Å². The number of carbonyl (C=O) groups is 2. The number of carbonyl (C=O) groups excluding carboxylic acids is 2. The van der Waals surface area contributed by atoms with Crippen molar-refractivity contribution in [1.29, 1.82) is 0 Å². The van der Waals surface area contributed by atoms with E-state index in [2.05, 4.69) is 10.6 Å². The molecule has 0 saturated carbocycles. The second-order valence-corrected chi connectivity index (χ2v) is 5.82. The van der Waals surface area contributed by atoms with Crippen molar-refractivity contribution < 1.29 is 27.5 Å². The molecule has 2 amide bonds. The maximum Gasteiger partial charge on any atom is 0.416 e. The lowest BCUT2D eigenvalue weighted by molar-refractivity contribution is -0.137. The van der Waals surface area contributed by atoms with E-state index in [1.807, 2.05) is 0 Å². The van der Waals surface area contributed by atoms with Gasteiger partial charge in [0, 0.05) is 12.1 Å². The van der Waals surface area contributed by atoms with Gasteiger partial charge >= 0.3 is 6.18 Å². The molecule has 2 aromatic rings. The number of para-hydroxylation sites is 2. The normalized spacial score (nSPS) is 16.7. The minimum Gasteiger partial charge on any atom is -0.491 e. The van der Waals surface area contributed by atoms with Gasteiger partial charge in [0.15, 0.2) is 0 Å². The molecule has 136 valence electrons. The Morgan fingerprint density at radius 2 is 1.85 bits per heavy atom. The van der Waals surface area contributed by atoms with Crippen LogP contribution in [0.3, 0.4) is 0 Å². The first-order valence-electron chi connectivity index (χ1n) is 7.83. The fourth-order valence-electron chi connectivity index (χ4n) is 2.53. The summed E-state index contributed by atoms with van der Waals surface area (Å²) in [5.74, 6) is -1.03. The third kappa shape index (κ3) is 4.14. The van der Waals surface area contributed by atoms with E-state index in [0.29, 0.717) is 11.4 Å². The van der Waals surface area contributed by atoms with Crippen LogP contribution in [-0.2, 0) is 15.8 Å². The molecule has 1 atom stereocenters. The van der Waals surface area contributed by atoms with E-state index >= 15 is 0 Å². The summed E-state index contributed by atoms with van der Waals surface area (Å²) in [6, 6.07) is 11.0. The Bertz CT molecular complexity index is 819. The summed E-state index contributed by atoms with van der Waals surface area (Å²) < 4.78 is 43.2. The summed E-state index contributed by atoms with van der Waals surface area (Å²) in [5, 5.41) is 5.19. The number of rotatable bonds is 3. The number of ether oxygens (including phenoxy) is 1. The van der Waals surface area contributed by atoms with Gasteiger partial charge in [-0.15, -0.1) is 0 Å². The number of halogens is 3. The first-order valence-corrected chi connectivity index (χ1v) is 7.83. The molecule has 0 aromatic heterocycles. The second-order valence-electron chi connectivity index (χ2n) is 5.82.